The van der Waals surface area contributed by atoms with Gasteiger partial charge in [0.25, 0.3) is 0 Å². The van der Waals surface area contributed by atoms with E-state index < -0.39 is 0 Å². The Labute approximate surface area is 181 Å². The molecule has 0 aromatic heterocycles. The number of ether oxygens (including phenoxy) is 1. The topological polar surface area (TPSA) is 29.5 Å². The third kappa shape index (κ3) is 4.46. The van der Waals surface area contributed by atoms with Crippen molar-refractivity contribution in [3.05, 3.63) is 71.8 Å². The Morgan fingerprint density at radius 3 is 2.10 bits per heavy atom. The van der Waals surface area contributed by atoms with Gasteiger partial charge in [0.05, 0.1) is 0 Å². The highest BCUT2D eigenvalue weighted by Crippen LogP contribution is 2.44. The van der Waals surface area contributed by atoms with Crippen LogP contribution < -0.4 is 0 Å². The summed E-state index contributed by atoms with van der Waals surface area (Å²) in [6.07, 6.45) is 9.08. The molecular formula is C27H35NO2. The molecule has 1 heterocycles. The minimum absolute atomic E-state index is 0.119. The van der Waals surface area contributed by atoms with Crippen molar-refractivity contribution in [3.63, 3.8) is 0 Å². The van der Waals surface area contributed by atoms with Crippen molar-refractivity contribution >= 4 is 5.97 Å². The van der Waals surface area contributed by atoms with Gasteiger partial charge in [0.2, 0.25) is 0 Å². The summed E-state index contributed by atoms with van der Waals surface area (Å²) in [5.41, 5.74) is 2.31. The van der Waals surface area contributed by atoms with E-state index in [4.69, 9.17) is 4.74 Å². The van der Waals surface area contributed by atoms with Gasteiger partial charge >= 0.3 is 5.97 Å². The van der Waals surface area contributed by atoms with Gasteiger partial charge in [0, 0.05) is 18.1 Å². The van der Waals surface area contributed by atoms with Crippen molar-refractivity contribution in [2.24, 2.45) is 0 Å². The van der Waals surface area contributed by atoms with Crippen molar-refractivity contribution in [2.45, 2.75) is 82.4 Å². The first-order valence-electron chi connectivity index (χ1n) is 11.7. The van der Waals surface area contributed by atoms with E-state index >= 15 is 0 Å². The molecule has 1 saturated carbocycles. The quantitative estimate of drug-likeness (QED) is 0.557. The lowest BCUT2D eigenvalue weighted by Gasteiger charge is -2.44. The Hall–Kier alpha value is -2.13. The van der Waals surface area contributed by atoms with Crippen LogP contribution in [0.3, 0.4) is 0 Å². The normalized spacial score (nSPS) is 22.3. The van der Waals surface area contributed by atoms with Crippen LogP contribution in [0, 0.1) is 0 Å². The number of likely N-dealkylation sites (tertiary alicyclic amines) is 1. The molecule has 0 N–H and O–H groups in total. The first-order valence-corrected chi connectivity index (χ1v) is 11.7. The summed E-state index contributed by atoms with van der Waals surface area (Å²) in [5.74, 6) is -0.529. The molecule has 1 spiro atoms. The molecule has 1 aliphatic heterocycles. The SMILES string of the molecule is CC(CN1C(C)CCC12CCCCC2)OC(=O)C(c1ccccc1)c1ccccc1. The molecule has 30 heavy (non-hydrogen) atoms. The predicted octanol–water partition coefficient (Wildman–Crippen LogP) is 5.94. The summed E-state index contributed by atoms with van der Waals surface area (Å²) in [4.78, 5) is 16.0. The number of carbonyl (C=O) groups excluding carboxylic acids is 1. The highest BCUT2D eigenvalue weighted by atomic mass is 16.5. The summed E-state index contributed by atoms with van der Waals surface area (Å²) in [7, 11) is 0. The van der Waals surface area contributed by atoms with E-state index in [0.29, 0.717) is 11.6 Å². The van der Waals surface area contributed by atoms with E-state index in [2.05, 4.69) is 18.7 Å². The lowest BCUT2D eigenvalue weighted by Crippen LogP contribution is -2.51. The fourth-order valence-corrected chi connectivity index (χ4v) is 5.70. The Kier molecular flexibility index (Phi) is 6.58. The average molecular weight is 406 g/mol. The van der Waals surface area contributed by atoms with Gasteiger partial charge < -0.3 is 4.74 Å². The van der Waals surface area contributed by atoms with Gasteiger partial charge in [0.15, 0.2) is 0 Å². The minimum Gasteiger partial charge on any atom is -0.461 e. The van der Waals surface area contributed by atoms with Gasteiger partial charge in [-0.3, -0.25) is 9.69 Å². The Morgan fingerprint density at radius 1 is 0.967 bits per heavy atom. The molecular weight excluding hydrogens is 370 g/mol. The fraction of sp³-hybridized carbons (Fsp3) is 0.519. The molecule has 2 fully saturated rings. The Balaban J connectivity index is 1.48. The van der Waals surface area contributed by atoms with Crippen molar-refractivity contribution in [3.8, 4) is 0 Å². The van der Waals surface area contributed by atoms with E-state index in [-0.39, 0.29) is 18.0 Å². The van der Waals surface area contributed by atoms with Gasteiger partial charge in [-0.1, -0.05) is 79.9 Å². The van der Waals surface area contributed by atoms with Gasteiger partial charge in [-0.25, -0.2) is 0 Å². The van der Waals surface area contributed by atoms with E-state index in [1.807, 2.05) is 60.7 Å². The molecule has 2 aromatic carbocycles. The summed E-state index contributed by atoms with van der Waals surface area (Å²) in [5, 5.41) is 0. The molecule has 3 nitrogen and oxygen atoms in total. The molecule has 160 valence electrons. The third-order valence-electron chi connectivity index (χ3n) is 7.23. The average Bonchev–Trinajstić information content (AvgIpc) is 3.05. The summed E-state index contributed by atoms with van der Waals surface area (Å²) >= 11 is 0. The second-order valence-corrected chi connectivity index (χ2v) is 9.33. The maximum Gasteiger partial charge on any atom is 0.318 e. The van der Waals surface area contributed by atoms with E-state index in [1.54, 1.807) is 0 Å². The van der Waals surface area contributed by atoms with Crippen LogP contribution in [0.1, 0.15) is 75.8 Å². The first-order chi connectivity index (χ1) is 14.6. The number of rotatable bonds is 6. The third-order valence-corrected chi connectivity index (χ3v) is 7.23. The zero-order valence-electron chi connectivity index (χ0n) is 18.4. The maximum atomic E-state index is 13.3. The minimum atomic E-state index is -0.380. The van der Waals surface area contributed by atoms with Gasteiger partial charge in [-0.05, 0) is 50.7 Å². The van der Waals surface area contributed by atoms with Crippen LogP contribution in [0.25, 0.3) is 0 Å². The first kappa shape index (κ1) is 21.1. The number of esters is 1. The maximum absolute atomic E-state index is 13.3. The van der Waals surface area contributed by atoms with Crippen LogP contribution in [-0.2, 0) is 9.53 Å². The van der Waals surface area contributed by atoms with Crippen LogP contribution in [0.2, 0.25) is 0 Å². The molecule has 0 bridgehead atoms. The standard InChI is InChI=1S/C27H35NO2/c1-21-16-19-27(17-10-5-11-18-27)28(21)20-22(2)30-26(29)25(23-12-6-3-7-13-23)24-14-8-4-9-15-24/h3-4,6-9,12-15,21-22,25H,5,10-11,16-20H2,1-2H3. The fourth-order valence-electron chi connectivity index (χ4n) is 5.70. The predicted molar refractivity (Wildman–Crippen MR) is 121 cm³/mol. The van der Waals surface area contributed by atoms with E-state index in [1.165, 1.54) is 44.9 Å². The molecule has 1 aliphatic carbocycles. The van der Waals surface area contributed by atoms with E-state index in [0.717, 1.165) is 17.7 Å². The molecule has 2 aromatic rings. The summed E-state index contributed by atoms with van der Waals surface area (Å²) < 4.78 is 6.08. The second kappa shape index (κ2) is 9.34. The lowest BCUT2D eigenvalue weighted by molar-refractivity contribution is -0.150. The van der Waals surface area contributed by atoms with Crippen LogP contribution in [0.5, 0.6) is 0 Å². The van der Waals surface area contributed by atoms with Crippen LogP contribution in [-0.4, -0.2) is 35.1 Å². The lowest BCUT2D eigenvalue weighted by atomic mass is 9.79. The monoisotopic (exact) mass is 405 g/mol. The number of hydrogen-bond acceptors (Lipinski definition) is 3. The van der Waals surface area contributed by atoms with Crippen molar-refractivity contribution < 1.29 is 9.53 Å². The van der Waals surface area contributed by atoms with Gasteiger partial charge in [-0.2, -0.15) is 0 Å². The number of carbonyl (C=O) groups is 1. The van der Waals surface area contributed by atoms with Crippen LogP contribution in [0.15, 0.2) is 60.7 Å². The van der Waals surface area contributed by atoms with E-state index in [9.17, 15) is 4.79 Å². The van der Waals surface area contributed by atoms with Crippen molar-refractivity contribution in [1.82, 2.24) is 4.90 Å². The highest BCUT2D eigenvalue weighted by Gasteiger charge is 2.45. The van der Waals surface area contributed by atoms with Crippen molar-refractivity contribution in [1.29, 1.82) is 0 Å². The zero-order valence-corrected chi connectivity index (χ0v) is 18.4. The largest absolute Gasteiger partial charge is 0.461 e. The molecule has 1 saturated heterocycles. The molecule has 4 rings (SSSR count). The number of hydrogen-bond donors (Lipinski definition) is 0. The van der Waals surface area contributed by atoms with Crippen LogP contribution >= 0.6 is 0 Å². The number of benzene rings is 2. The smallest absolute Gasteiger partial charge is 0.318 e. The van der Waals surface area contributed by atoms with Crippen molar-refractivity contribution in [2.75, 3.05) is 6.54 Å². The molecule has 0 amide bonds. The highest BCUT2D eigenvalue weighted by molar-refractivity contribution is 5.82. The van der Waals surface area contributed by atoms with Crippen LogP contribution in [0.4, 0.5) is 0 Å². The van der Waals surface area contributed by atoms with Gasteiger partial charge in [-0.15, -0.1) is 0 Å². The zero-order chi connectivity index (χ0) is 21.0. The Morgan fingerprint density at radius 2 is 1.53 bits per heavy atom. The van der Waals surface area contributed by atoms with Gasteiger partial charge in [0.1, 0.15) is 12.0 Å². The molecule has 0 radical (unpaired) electrons. The molecule has 2 aliphatic rings. The number of nitrogens with zero attached hydrogens (tertiary/aromatic N) is 1. The summed E-state index contributed by atoms with van der Waals surface area (Å²) in [6, 6.07) is 20.6. The second-order valence-electron chi connectivity index (χ2n) is 9.33. The Bertz CT molecular complexity index is 768. The molecule has 2 unspecified atom stereocenters. The molecule has 3 heteroatoms. The summed E-state index contributed by atoms with van der Waals surface area (Å²) in [6.45, 7) is 5.24. The molecule has 2 atom stereocenters.